The van der Waals surface area contributed by atoms with Gasteiger partial charge < -0.3 is 4.74 Å². The van der Waals surface area contributed by atoms with E-state index in [4.69, 9.17) is 4.74 Å². The minimum Gasteiger partial charge on any atom is -0.496 e. The van der Waals surface area contributed by atoms with Crippen LogP contribution in [0.25, 0.3) is 0 Å². The molecule has 0 saturated carbocycles. The molecule has 1 N–H and O–H groups in total. The van der Waals surface area contributed by atoms with Crippen molar-refractivity contribution in [3.8, 4) is 5.75 Å². The maximum Gasteiger partial charge on any atom is 0.416 e. The number of hydrogen-bond acceptors (Lipinski definition) is 3. The number of alkyl halides is 3. The van der Waals surface area contributed by atoms with Crippen LogP contribution in [0.5, 0.6) is 5.75 Å². The molecule has 7 heteroatoms. The van der Waals surface area contributed by atoms with Gasteiger partial charge in [0.15, 0.2) is 0 Å². The van der Waals surface area contributed by atoms with E-state index in [0.717, 1.165) is 22.2 Å². The van der Waals surface area contributed by atoms with Gasteiger partial charge in [0.05, 0.1) is 24.6 Å². The van der Waals surface area contributed by atoms with Crippen molar-refractivity contribution >= 4 is 27.8 Å². The largest absolute Gasteiger partial charge is 0.496 e. The third-order valence-corrected chi connectivity index (χ3v) is 3.29. The minimum absolute atomic E-state index is 0.457. The van der Waals surface area contributed by atoms with Gasteiger partial charge in [-0.05, 0) is 42.5 Å². The Morgan fingerprint density at radius 1 is 1.14 bits per heavy atom. The molecule has 0 heterocycles. The van der Waals surface area contributed by atoms with Crippen LogP contribution in [0.15, 0.2) is 52.0 Å². The molecular weight excluding hydrogens is 361 g/mol. The Balaban J connectivity index is 2.08. The van der Waals surface area contributed by atoms with Crippen molar-refractivity contribution < 1.29 is 17.9 Å². The molecule has 0 amide bonds. The van der Waals surface area contributed by atoms with Crippen LogP contribution in [-0.2, 0) is 6.18 Å². The van der Waals surface area contributed by atoms with Crippen LogP contribution in [0.2, 0.25) is 0 Å². The van der Waals surface area contributed by atoms with E-state index in [1.54, 1.807) is 13.2 Å². The molecule has 2 rings (SSSR count). The van der Waals surface area contributed by atoms with Gasteiger partial charge in [-0.15, -0.1) is 0 Å². The SMILES string of the molecule is COc1ccc(Br)cc1C=NNc1ccc(C(F)(F)F)cc1. The number of halogens is 4. The predicted molar refractivity (Wildman–Crippen MR) is 83.4 cm³/mol. The third kappa shape index (κ3) is 4.24. The quantitative estimate of drug-likeness (QED) is 0.610. The van der Waals surface area contributed by atoms with E-state index in [0.29, 0.717) is 11.4 Å². The van der Waals surface area contributed by atoms with Gasteiger partial charge in [0.2, 0.25) is 0 Å². The topological polar surface area (TPSA) is 33.6 Å². The molecule has 3 nitrogen and oxygen atoms in total. The number of rotatable bonds is 4. The van der Waals surface area contributed by atoms with Gasteiger partial charge in [-0.25, -0.2) is 0 Å². The zero-order valence-corrected chi connectivity index (χ0v) is 13.1. The molecule has 116 valence electrons. The Morgan fingerprint density at radius 3 is 2.41 bits per heavy atom. The molecule has 0 aromatic heterocycles. The second-order valence-electron chi connectivity index (χ2n) is 4.33. The van der Waals surface area contributed by atoms with Gasteiger partial charge in [0.25, 0.3) is 0 Å². The second-order valence-corrected chi connectivity index (χ2v) is 5.25. The van der Waals surface area contributed by atoms with E-state index in [2.05, 4.69) is 26.5 Å². The Hall–Kier alpha value is -2.02. The average molecular weight is 373 g/mol. The summed E-state index contributed by atoms with van der Waals surface area (Å²) in [5.74, 6) is 0.640. The van der Waals surface area contributed by atoms with E-state index >= 15 is 0 Å². The maximum absolute atomic E-state index is 12.4. The summed E-state index contributed by atoms with van der Waals surface area (Å²) >= 11 is 3.34. The van der Waals surface area contributed by atoms with Gasteiger partial charge in [0, 0.05) is 10.0 Å². The first-order valence-electron chi connectivity index (χ1n) is 6.20. The summed E-state index contributed by atoms with van der Waals surface area (Å²) in [4.78, 5) is 0. The number of ether oxygens (including phenoxy) is 1. The van der Waals surface area contributed by atoms with Gasteiger partial charge in [-0.2, -0.15) is 18.3 Å². The molecule has 0 atom stereocenters. The minimum atomic E-state index is -4.34. The van der Waals surface area contributed by atoms with Crippen molar-refractivity contribution in [2.75, 3.05) is 12.5 Å². The molecule has 0 spiro atoms. The molecule has 0 aliphatic heterocycles. The first kappa shape index (κ1) is 16.4. The van der Waals surface area contributed by atoms with E-state index in [1.807, 2.05) is 12.1 Å². The lowest BCUT2D eigenvalue weighted by Crippen LogP contribution is -2.04. The number of hydrazone groups is 1. The lowest BCUT2D eigenvalue weighted by molar-refractivity contribution is -0.137. The van der Waals surface area contributed by atoms with Crippen LogP contribution in [0.4, 0.5) is 18.9 Å². The highest BCUT2D eigenvalue weighted by Crippen LogP contribution is 2.29. The van der Waals surface area contributed by atoms with Gasteiger partial charge >= 0.3 is 6.18 Å². The number of nitrogens with one attached hydrogen (secondary N) is 1. The van der Waals surface area contributed by atoms with Crippen molar-refractivity contribution in [1.82, 2.24) is 0 Å². The van der Waals surface area contributed by atoms with E-state index in [-0.39, 0.29) is 0 Å². The van der Waals surface area contributed by atoms with Crippen molar-refractivity contribution in [1.29, 1.82) is 0 Å². The zero-order chi connectivity index (χ0) is 16.2. The highest BCUT2D eigenvalue weighted by molar-refractivity contribution is 9.10. The second kappa shape index (κ2) is 6.83. The molecule has 0 fully saturated rings. The Morgan fingerprint density at radius 2 is 1.82 bits per heavy atom. The first-order chi connectivity index (χ1) is 10.4. The molecule has 2 aromatic rings. The van der Waals surface area contributed by atoms with E-state index < -0.39 is 11.7 Å². The smallest absolute Gasteiger partial charge is 0.416 e. The van der Waals surface area contributed by atoms with Crippen molar-refractivity contribution in [3.63, 3.8) is 0 Å². The van der Waals surface area contributed by atoms with E-state index in [1.165, 1.54) is 18.3 Å². The van der Waals surface area contributed by atoms with Crippen molar-refractivity contribution in [2.45, 2.75) is 6.18 Å². The fourth-order valence-electron chi connectivity index (χ4n) is 1.72. The fourth-order valence-corrected chi connectivity index (χ4v) is 2.09. The van der Waals surface area contributed by atoms with Crippen molar-refractivity contribution in [2.24, 2.45) is 5.10 Å². The highest BCUT2D eigenvalue weighted by atomic mass is 79.9. The van der Waals surface area contributed by atoms with E-state index in [9.17, 15) is 13.2 Å². The van der Waals surface area contributed by atoms with Crippen LogP contribution in [0, 0.1) is 0 Å². The molecule has 22 heavy (non-hydrogen) atoms. The lowest BCUT2D eigenvalue weighted by atomic mass is 10.2. The Kier molecular flexibility index (Phi) is 5.07. The van der Waals surface area contributed by atoms with Gasteiger partial charge in [0.1, 0.15) is 5.75 Å². The summed E-state index contributed by atoms with van der Waals surface area (Å²) in [5.41, 5.74) is 3.16. The Bertz CT molecular complexity index is 669. The summed E-state index contributed by atoms with van der Waals surface area (Å²) < 4.78 is 43.4. The maximum atomic E-state index is 12.4. The standard InChI is InChI=1S/C15H12BrF3N2O/c1-22-14-7-4-12(16)8-10(14)9-20-21-13-5-2-11(3-6-13)15(17,18)19/h2-9,21H,1H3. The lowest BCUT2D eigenvalue weighted by Gasteiger charge is -2.07. The number of anilines is 1. The average Bonchev–Trinajstić information content (AvgIpc) is 2.47. The normalized spacial score (nSPS) is 11.7. The van der Waals surface area contributed by atoms with Crippen LogP contribution in [-0.4, -0.2) is 13.3 Å². The number of nitrogens with zero attached hydrogens (tertiary/aromatic N) is 1. The predicted octanol–water partition coefficient (Wildman–Crippen LogP) is 4.92. The molecular formula is C15H12BrF3N2O. The van der Waals surface area contributed by atoms with Crippen LogP contribution >= 0.6 is 15.9 Å². The van der Waals surface area contributed by atoms with Crippen LogP contribution in [0.3, 0.4) is 0 Å². The monoisotopic (exact) mass is 372 g/mol. The molecule has 0 radical (unpaired) electrons. The number of methoxy groups -OCH3 is 1. The van der Waals surface area contributed by atoms with Crippen LogP contribution < -0.4 is 10.2 Å². The molecule has 0 bridgehead atoms. The summed E-state index contributed by atoms with van der Waals surface area (Å²) in [5, 5.41) is 4.00. The highest BCUT2D eigenvalue weighted by Gasteiger charge is 2.29. The molecule has 0 unspecified atom stereocenters. The fraction of sp³-hybridized carbons (Fsp3) is 0.133. The summed E-state index contributed by atoms with van der Waals surface area (Å²) in [6.45, 7) is 0. The summed E-state index contributed by atoms with van der Waals surface area (Å²) in [6.07, 6.45) is -2.81. The molecule has 0 aliphatic carbocycles. The summed E-state index contributed by atoms with van der Waals surface area (Å²) in [6, 6.07) is 10.1. The third-order valence-electron chi connectivity index (χ3n) is 2.80. The van der Waals surface area contributed by atoms with Crippen molar-refractivity contribution in [3.05, 3.63) is 58.1 Å². The zero-order valence-electron chi connectivity index (χ0n) is 11.5. The van der Waals surface area contributed by atoms with Gasteiger partial charge in [-0.1, -0.05) is 15.9 Å². The summed E-state index contributed by atoms with van der Waals surface area (Å²) in [7, 11) is 1.55. The Labute approximate surface area is 133 Å². The van der Waals surface area contributed by atoms with Gasteiger partial charge in [-0.3, -0.25) is 5.43 Å². The first-order valence-corrected chi connectivity index (χ1v) is 6.99. The van der Waals surface area contributed by atoms with Crippen LogP contribution in [0.1, 0.15) is 11.1 Å². The molecule has 0 aliphatic rings. The number of benzene rings is 2. The molecule has 0 saturated heterocycles. The number of hydrogen-bond donors (Lipinski definition) is 1. The molecule has 2 aromatic carbocycles.